The van der Waals surface area contributed by atoms with Crippen LogP contribution < -0.4 is 0 Å². The Morgan fingerprint density at radius 2 is 2.17 bits per heavy atom. The molecule has 7 nitrogen and oxygen atoms in total. The van der Waals surface area contributed by atoms with Gasteiger partial charge in [-0.1, -0.05) is 0 Å². The zero-order valence-electron chi connectivity index (χ0n) is 13.8. The predicted octanol–water partition coefficient (Wildman–Crippen LogP) is -0.123. The van der Waals surface area contributed by atoms with Crippen molar-refractivity contribution in [2.24, 2.45) is 0 Å². The third kappa shape index (κ3) is 4.31. The van der Waals surface area contributed by atoms with Gasteiger partial charge in [-0.25, -0.2) is 0 Å². The van der Waals surface area contributed by atoms with Crippen LogP contribution in [0.2, 0.25) is 0 Å². The number of amides is 1. The number of aryl methyl sites for hydroxylation is 2. The van der Waals surface area contributed by atoms with Crippen LogP contribution in [0.15, 0.2) is 12.3 Å². The zero-order valence-corrected chi connectivity index (χ0v) is 13.8. The lowest BCUT2D eigenvalue weighted by molar-refractivity contribution is -0.131. The van der Waals surface area contributed by atoms with Gasteiger partial charge in [0.15, 0.2) is 0 Å². The number of morpholine rings is 1. The number of hydrogen-bond donors (Lipinski definition) is 1. The molecular formula is C16H26N4O3. The number of aliphatic hydroxyl groups is 1. The van der Waals surface area contributed by atoms with Crippen molar-refractivity contribution in [1.82, 2.24) is 19.6 Å². The SMILES string of the molecule is Cc1ccn(CCC(=O)N2CC[C@@](O)(CN3CCOCC3)C2)n1. The van der Waals surface area contributed by atoms with Crippen LogP contribution in [0, 0.1) is 6.92 Å². The molecule has 0 aromatic carbocycles. The number of carbonyl (C=O) groups excluding carboxylic acids is 1. The van der Waals surface area contributed by atoms with Gasteiger partial charge < -0.3 is 14.7 Å². The summed E-state index contributed by atoms with van der Waals surface area (Å²) in [5.74, 6) is 0.0936. The molecule has 2 fully saturated rings. The highest BCUT2D eigenvalue weighted by Gasteiger charge is 2.39. The van der Waals surface area contributed by atoms with Crippen molar-refractivity contribution in [3.8, 4) is 0 Å². The molecule has 1 aromatic rings. The first-order chi connectivity index (χ1) is 11.0. The quantitative estimate of drug-likeness (QED) is 0.818. The second-order valence-electron chi connectivity index (χ2n) is 6.65. The standard InChI is InChI=1S/C16H26N4O3/c1-14-2-5-20(17-14)6-3-15(21)19-7-4-16(22,13-19)12-18-8-10-23-11-9-18/h2,5,22H,3-4,6-13H2,1H3/t16-/m1/s1. The Hall–Kier alpha value is -1.44. The number of nitrogens with zero attached hydrogens (tertiary/aromatic N) is 4. The minimum Gasteiger partial charge on any atom is -0.387 e. The van der Waals surface area contributed by atoms with E-state index >= 15 is 0 Å². The first-order valence-corrected chi connectivity index (χ1v) is 8.34. The molecule has 1 N–H and O–H groups in total. The molecule has 2 aliphatic rings. The number of rotatable bonds is 5. The summed E-state index contributed by atoms with van der Waals surface area (Å²) in [4.78, 5) is 16.4. The summed E-state index contributed by atoms with van der Waals surface area (Å²) in [7, 11) is 0. The molecule has 2 aliphatic heterocycles. The van der Waals surface area contributed by atoms with E-state index in [0.717, 1.165) is 32.0 Å². The lowest BCUT2D eigenvalue weighted by atomic mass is 10.0. The predicted molar refractivity (Wildman–Crippen MR) is 85.0 cm³/mol. The second-order valence-corrected chi connectivity index (χ2v) is 6.65. The van der Waals surface area contributed by atoms with Gasteiger partial charge in [0.1, 0.15) is 0 Å². The van der Waals surface area contributed by atoms with E-state index in [1.807, 2.05) is 19.2 Å². The van der Waals surface area contributed by atoms with Gasteiger partial charge in [0.2, 0.25) is 5.91 Å². The molecule has 2 saturated heterocycles. The molecular weight excluding hydrogens is 296 g/mol. The van der Waals surface area contributed by atoms with E-state index in [4.69, 9.17) is 4.74 Å². The Kier molecular flexibility index (Phi) is 4.99. The molecule has 0 radical (unpaired) electrons. The van der Waals surface area contributed by atoms with Crippen LogP contribution >= 0.6 is 0 Å². The highest BCUT2D eigenvalue weighted by Crippen LogP contribution is 2.23. The molecule has 1 aromatic heterocycles. The third-order valence-electron chi connectivity index (χ3n) is 4.64. The highest BCUT2D eigenvalue weighted by atomic mass is 16.5. The summed E-state index contributed by atoms with van der Waals surface area (Å²) >= 11 is 0. The fourth-order valence-corrected chi connectivity index (χ4v) is 3.33. The Bertz CT molecular complexity index is 541. The molecule has 128 valence electrons. The molecule has 0 spiro atoms. The number of carbonyl (C=O) groups is 1. The molecule has 7 heteroatoms. The summed E-state index contributed by atoms with van der Waals surface area (Å²) in [5, 5.41) is 15.1. The summed E-state index contributed by atoms with van der Waals surface area (Å²) in [5.41, 5.74) is 0.174. The molecule has 0 aliphatic carbocycles. The van der Waals surface area contributed by atoms with Gasteiger partial charge >= 0.3 is 0 Å². The van der Waals surface area contributed by atoms with E-state index < -0.39 is 5.60 Å². The van der Waals surface area contributed by atoms with E-state index in [2.05, 4.69) is 10.00 Å². The smallest absolute Gasteiger partial charge is 0.224 e. The lowest BCUT2D eigenvalue weighted by Crippen LogP contribution is -2.49. The van der Waals surface area contributed by atoms with Gasteiger partial charge in [-0.15, -0.1) is 0 Å². The fourth-order valence-electron chi connectivity index (χ4n) is 3.33. The van der Waals surface area contributed by atoms with Gasteiger partial charge in [-0.3, -0.25) is 14.4 Å². The fraction of sp³-hybridized carbons (Fsp3) is 0.750. The average molecular weight is 322 g/mol. The van der Waals surface area contributed by atoms with Crippen LogP contribution in [0.3, 0.4) is 0 Å². The topological polar surface area (TPSA) is 70.8 Å². The Morgan fingerprint density at radius 1 is 1.39 bits per heavy atom. The molecule has 0 bridgehead atoms. The second kappa shape index (κ2) is 6.98. The van der Waals surface area contributed by atoms with Crippen LogP contribution in [0.1, 0.15) is 18.5 Å². The summed E-state index contributed by atoms with van der Waals surface area (Å²) in [6.07, 6.45) is 2.97. The Labute approximate surface area is 136 Å². The number of likely N-dealkylation sites (tertiary alicyclic amines) is 1. The van der Waals surface area contributed by atoms with E-state index in [1.165, 1.54) is 0 Å². The largest absolute Gasteiger partial charge is 0.387 e. The first-order valence-electron chi connectivity index (χ1n) is 8.34. The minimum atomic E-state index is -0.782. The van der Waals surface area contributed by atoms with Crippen molar-refractivity contribution in [1.29, 1.82) is 0 Å². The van der Waals surface area contributed by atoms with Crippen LogP contribution in [0.5, 0.6) is 0 Å². The van der Waals surface area contributed by atoms with Crippen molar-refractivity contribution in [3.05, 3.63) is 18.0 Å². The molecule has 0 saturated carbocycles. The van der Waals surface area contributed by atoms with Crippen LogP contribution in [0.25, 0.3) is 0 Å². The van der Waals surface area contributed by atoms with E-state index in [1.54, 1.807) is 9.58 Å². The first kappa shape index (κ1) is 16.4. The van der Waals surface area contributed by atoms with Crippen molar-refractivity contribution in [3.63, 3.8) is 0 Å². The normalized spacial score (nSPS) is 25.9. The molecule has 0 unspecified atom stereocenters. The third-order valence-corrected chi connectivity index (χ3v) is 4.64. The number of ether oxygens (including phenoxy) is 1. The van der Waals surface area contributed by atoms with E-state index in [-0.39, 0.29) is 5.91 Å². The van der Waals surface area contributed by atoms with Gasteiger partial charge in [0, 0.05) is 45.3 Å². The molecule has 1 atom stereocenters. The van der Waals surface area contributed by atoms with Crippen molar-refractivity contribution in [2.75, 3.05) is 45.9 Å². The van der Waals surface area contributed by atoms with E-state index in [9.17, 15) is 9.90 Å². The molecule has 3 rings (SSSR count). The number of hydrogen-bond acceptors (Lipinski definition) is 5. The van der Waals surface area contributed by atoms with Crippen LogP contribution in [0.4, 0.5) is 0 Å². The Morgan fingerprint density at radius 3 is 2.87 bits per heavy atom. The van der Waals surface area contributed by atoms with Gasteiger partial charge in [-0.2, -0.15) is 5.10 Å². The summed E-state index contributed by atoms with van der Waals surface area (Å²) in [6.45, 7) is 7.38. The average Bonchev–Trinajstić information content (AvgIpc) is 3.12. The lowest BCUT2D eigenvalue weighted by Gasteiger charge is -2.33. The minimum absolute atomic E-state index is 0.0936. The van der Waals surface area contributed by atoms with Gasteiger partial charge in [-0.05, 0) is 19.4 Å². The molecule has 1 amide bonds. The van der Waals surface area contributed by atoms with Crippen LogP contribution in [-0.4, -0.2) is 82.1 Å². The maximum atomic E-state index is 12.3. The van der Waals surface area contributed by atoms with Crippen LogP contribution in [-0.2, 0) is 16.1 Å². The highest BCUT2D eigenvalue weighted by molar-refractivity contribution is 5.76. The maximum Gasteiger partial charge on any atom is 0.224 e. The molecule has 3 heterocycles. The van der Waals surface area contributed by atoms with Crippen molar-refractivity contribution >= 4 is 5.91 Å². The van der Waals surface area contributed by atoms with Gasteiger partial charge in [0.05, 0.1) is 31.1 Å². The van der Waals surface area contributed by atoms with Crippen molar-refractivity contribution < 1.29 is 14.6 Å². The van der Waals surface area contributed by atoms with E-state index in [0.29, 0.717) is 39.0 Å². The number of aromatic nitrogens is 2. The summed E-state index contributed by atoms with van der Waals surface area (Å²) in [6, 6.07) is 1.93. The molecule has 23 heavy (non-hydrogen) atoms. The number of β-amino-alcohol motifs (C(OH)–C–C–N with tert-alkyl or cyclic N) is 1. The summed E-state index contributed by atoms with van der Waals surface area (Å²) < 4.78 is 7.13. The monoisotopic (exact) mass is 322 g/mol. The maximum absolute atomic E-state index is 12.3. The Balaban J connectivity index is 1.46. The van der Waals surface area contributed by atoms with Crippen molar-refractivity contribution in [2.45, 2.75) is 31.9 Å². The zero-order chi connectivity index (χ0) is 16.3. The van der Waals surface area contributed by atoms with Gasteiger partial charge in [0.25, 0.3) is 0 Å².